The van der Waals surface area contributed by atoms with Crippen molar-refractivity contribution >= 4 is 11.7 Å². The number of nitrogens with zero attached hydrogens (tertiary/aromatic N) is 1. The van der Waals surface area contributed by atoms with E-state index in [0.29, 0.717) is 6.42 Å². The van der Waals surface area contributed by atoms with Gasteiger partial charge in [0.25, 0.3) is 5.69 Å². The number of para-hydroxylation sites is 1. The number of aliphatic carboxylic acids is 1. The van der Waals surface area contributed by atoms with Crippen LogP contribution in [0.15, 0.2) is 36.4 Å². The number of rotatable bonds is 17. The minimum Gasteiger partial charge on any atom is -0.481 e. The van der Waals surface area contributed by atoms with Crippen molar-refractivity contribution in [2.75, 3.05) is 0 Å². The summed E-state index contributed by atoms with van der Waals surface area (Å²) in [5, 5.41) is 20.2. The van der Waals surface area contributed by atoms with E-state index in [0.717, 1.165) is 37.7 Å². The first-order valence-corrected chi connectivity index (χ1v) is 11.2. The molecule has 5 nitrogen and oxygen atoms in total. The zero-order valence-corrected chi connectivity index (χ0v) is 17.9. The maximum atomic E-state index is 11.4. The van der Waals surface area contributed by atoms with Crippen molar-refractivity contribution < 1.29 is 14.8 Å². The molecule has 1 atom stereocenters. The number of carbonyl (C=O) groups is 1. The molecule has 0 amide bonds. The van der Waals surface area contributed by atoms with Crippen LogP contribution in [0, 0.1) is 10.1 Å². The number of unbranched alkanes of at least 4 members (excludes halogenated alkanes) is 8. The lowest BCUT2D eigenvalue weighted by atomic mass is 9.88. The van der Waals surface area contributed by atoms with Crippen LogP contribution in [0.3, 0.4) is 0 Å². The van der Waals surface area contributed by atoms with Crippen LogP contribution in [0.5, 0.6) is 0 Å². The number of nitro benzene ring substituents is 1. The van der Waals surface area contributed by atoms with Crippen LogP contribution in [-0.2, 0) is 4.79 Å². The van der Waals surface area contributed by atoms with Crippen LogP contribution in [0.2, 0.25) is 0 Å². The van der Waals surface area contributed by atoms with Crippen molar-refractivity contribution in [3.05, 3.63) is 52.1 Å². The maximum absolute atomic E-state index is 11.4. The van der Waals surface area contributed by atoms with E-state index < -0.39 is 5.97 Å². The molecule has 1 N–H and O–H groups in total. The van der Waals surface area contributed by atoms with Crippen molar-refractivity contribution in [1.29, 1.82) is 0 Å². The minimum atomic E-state index is -0.766. The molecule has 0 aliphatic carbocycles. The number of hydrogen-bond acceptors (Lipinski definition) is 3. The molecule has 0 radical (unpaired) electrons. The normalized spacial score (nSPS) is 12.3. The Morgan fingerprint density at radius 3 is 2.45 bits per heavy atom. The molecule has 0 aromatic heterocycles. The van der Waals surface area contributed by atoms with Crippen LogP contribution in [0.1, 0.15) is 102 Å². The molecule has 1 aromatic rings. The van der Waals surface area contributed by atoms with Gasteiger partial charge in [-0.15, -0.1) is 0 Å². The highest BCUT2D eigenvalue weighted by molar-refractivity contribution is 5.66. The van der Waals surface area contributed by atoms with Crippen LogP contribution in [0.4, 0.5) is 5.69 Å². The average Bonchev–Trinajstić information content (AvgIpc) is 2.70. The summed E-state index contributed by atoms with van der Waals surface area (Å²) in [5.41, 5.74) is 0.979. The van der Waals surface area contributed by atoms with Gasteiger partial charge in [-0.2, -0.15) is 0 Å². The van der Waals surface area contributed by atoms with E-state index in [4.69, 9.17) is 5.11 Å². The van der Waals surface area contributed by atoms with E-state index in [2.05, 4.69) is 19.1 Å². The molecule has 0 aliphatic rings. The Balaban J connectivity index is 2.56. The predicted molar refractivity (Wildman–Crippen MR) is 118 cm³/mol. The number of carboxylic acids is 1. The summed E-state index contributed by atoms with van der Waals surface area (Å²) < 4.78 is 0. The van der Waals surface area contributed by atoms with Gasteiger partial charge in [0.05, 0.1) is 4.92 Å². The highest BCUT2D eigenvalue weighted by atomic mass is 16.6. The molecule has 1 unspecified atom stereocenters. The second-order valence-electron chi connectivity index (χ2n) is 7.77. The Hall–Kier alpha value is -2.17. The fourth-order valence-corrected chi connectivity index (χ4v) is 3.66. The van der Waals surface area contributed by atoms with Crippen molar-refractivity contribution in [2.45, 2.75) is 96.3 Å². The van der Waals surface area contributed by atoms with Crippen LogP contribution >= 0.6 is 0 Å². The van der Waals surface area contributed by atoms with Crippen molar-refractivity contribution in [2.24, 2.45) is 0 Å². The molecule has 0 saturated carbocycles. The van der Waals surface area contributed by atoms with Gasteiger partial charge in [0.15, 0.2) is 0 Å². The zero-order valence-electron chi connectivity index (χ0n) is 17.9. The summed E-state index contributed by atoms with van der Waals surface area (Å²) in [6.07, 6.45) is 17.3. The lowest BCUT2D eigenvalue weighted by molar-refractivity contribution is -0.385. The molecule has 5 heteroatoms. The number of hydrogen-bond donors (Lipinski definition) is 1. The number of benzene rings is 1. The molecule has 162 valence electrons. The largest absolute Gasteiger partial charge is 0.481 e. The number of nitro groups is 1. The second-order valence-corrected chi connectivity index (χ2v) is 7.77. The van der Waals surface area contributed by atoms with Gasteiger partial charge in [-0.3, -0.25) is 14.9 Å². The third-order valence-electron chi connectivity index (χ3n) is 5.33. The fraction of sp³-hybridized carbons (Fsp3) is 0.625. The van der Waals surface area contributed by atoms with E-state index in [1.54, 1.807) is 12.1 Å². The van der Waals surface area contributed by atoms with Gasteiger partial charge in [-0.05, 0) is 38.0 Å². The summed E-state index contributed by atoms with van der Waals surface area (Å²) >= 11 is 0. The lowest BCUT2D eigenvalue weighted by Crippen LogP contribution is -2.03. The summed E-state index contributed by atoms with van der Waals surface area (Å²) in [5.74, 6) is -0.667. The van der Waals surface area contributed by atoms with E-state index in [-0.39, 0.29) is 22.9 Å². The molecule has 0 fully saturated rings. The van der Waals surface area contributed by atoms with E-state index in [1.165, 1.54) is 38.5 Å². The van der Waals surface area contributed by atoms with Crippen LogP contribution in [0.25, 0.3) is 0 Å². The van der Waals surface area contributed by atoms with Crippen molar-refractivity contribution in [3.63, 3.8) is 0 Å². The Morgan fingerprint density at radius 2 is 1.72 bits per heavy atom. The zero-order chi connectivity index (χ0) is 21.3. The quantitative estimate of drug-likeness (QED) is 0.127. The SMILES string of the molecule is CCCCCCCC/C=C\CC(CCCCCC(=O)O)c1ccccc1[N+](=O)[O-]. The van der Waals surface area contributed by atoms with Crippen molar-refractivity contribution in [3.8, 4) is 0 Å². The summed E-state index contributed by atoms with van der Waals surface area (Å²) in [7, 11) is 0. The molecule has 1 rings (SSSR count). The molecule has 1 aromatic carbocycles. The highest BCUT2D eigenvalue weighted by Crippen LogP contribution is 2.33. The van der Waals surface area contributed by atoms with Crippen molar-refractivity contribution in [1.82, 2.24) is 0 Å². The van der Waals surface area contributed by atoms with E-state index in [1.807, 2.05) is 12.1 Å². The average molecular weight is 404 g/mol. The first-order chi connectivity index (χ1) is 14.1. The van der Waals surface area contributed by atoms with E-state index >= 15 is 0 Å². The molecule has 0 aliphatic heterocycles. The lowest BCUT2D eigenvalue weighted by Gasteiger charge is -2.16. The van der Waals surface area contributed by atoms with Crippen LogP contribution in [-0.4, -0.2) is 16.0 Å². The van der Waals surface area contributed by atoms with Gasteiger partial charge in [0.1, 0.15) is 0 Å². The van der Waals surface area contributed by atoms with Gasteiger partial charge >= 0.3 is 5.97 Å². The fourth-order valence-electron chi connectivity index (χ4n) is 3.66. The first kappa shape index (κ1) is 24.9. The number of carboxylic acid groups (broad SMARTS) is 1. The van der Waals surface area contributed by atoms with Gasteiger partial charge in [-0.1, -0.05) is 82.2 Å². The highest BCUT2D eigenvalue weighted by Gasteiger charge is 2.20. The Morgan fingerprint density at radius 1 is 1.03 bits per heavy atom. The number of allylic oxidation sites excluding steroid dienone is 2. The molecule has 29 heavy (non-hydrogen) atoms. The summed E-state index contributed by atoms with van der Waals surface area (Å²) in [6, 6.07) is 7.01. The third-order valence-corrected chi connectivity index (χ3v) is 5.33. The Kier molecular flexibility index (Phi) is 13.5. The molecule has 0 saturated heterocycles. The van der Waals surface area contributed by atoms with Gasteiger partial charge in [-0.25, -0.2) is 0 Å². The molecular formula is C24H37NO4. The molecular weight excluding hydrogens is 366 g/mol. The molecule has 0 bridgehead atoms. The minimum absolute atomic E-state index is 0.0993. The Bertz CT molecular complexity index is 627. The third kappa shape index (κ3) is 11.4. The standard InChI is InChI=1S/C24H37NO4/c1-2-3-4-5-6-7-8-9-11-16-21(17-12-10-13-20-24(26)27)22-18-14-15-19-23(22)25(28)29/h9,11,14-15,18-19,21H,2-8,10,12-13,16-17,20H2,1H3,(H,26,27)/b11-9-. The monoisotopic (exact) mass is 403 g/mol. The second kappa shape index (κ2) is 15.7. The van der Waals surface area contributed by atoms with Crippen LogP contribution < -0.4 is 0 Å². The molecule has 0 heterocycles. The Labute approximate surface area is 175 Å². The predicted octanol–water partition coefficient (Wildman–Crippen LogP) is 7.41. The molecule has 0 spiro atoms. The smallest absolute Gasteiger partial charge is 0.303 e. The summed E-state index contributed by atoms with van der Waals surface area (Å²) in [6.45, 7) is 2.22. The summed E-state index contributed by atoms with van der Waals surface area (Å²) in [4.78, 5) is 21.8. The van der Waals surface area contributed by atoms with Gasteiger partial charge < -0.3 is 5.11 Å². The maximum Gasteiger partial charge on any atom is 0.303 e. The first-order valence-electron chi connectivity index (χ1n) is 11.2. The topological polar surface area (TPSA) is 80.4 Å². The van der Waals surface area contributed by atoms with Gasteiger partial charge in [0, 0.05) is 18.1 Å². The van der Waals surface area contributed by atoms with Gasteiger partial charge in [0.2, 0.25) is 0 Å². The van der Waals surface area contributed by atoms with E-state index in [9.17, 15) is 14.9 Å².